The van der Waals surface area contributed by atoms with Crippen molar-refractivity contribution in [2.24, 2.45) is 5.92 Å². The Morgan fingerprint density at radius 3 is 2.53 bits per heavy atom. The first-order valence-electron chi connectivity index (χ1n) is 5.62. The maximum absolute atomic E-state index is 11.9. The Morgan fingerprint density at radius 1 is 1.41 bits per heavy atom. The summed E-state index contributed by atoms with van der Waals surface area (Å²) in [5.74, 6) is 0.485. The van der Waals surface area contributed by atoms with Crippen molar-refractivity contribution in [3.8, 4) is 0 Å². The fourth-order valence-electron chi connectivity index (χ4n) is 1.36. The highest BCUT2D eigenvalue weighted by molar-refractivity contribution is 7.89. The third-order valence-electron chi connectivity index (χ3n) is 2.90. The summed E-state index contributed by atoms with van der Waals surface area (Å²) in [5.41, 5.74) is 0. The maximum Gasteiger partial charge on any atom is 0.274 e. The highest BCUT2D eigenvalue weighted by atomic mass is 32.2. The van der Waals surface area contributed by atoms with Crippen molar-refractivity contribution >= 4 is 10.0 Å². The molecule has 0 radical (unpaired) electrons. The molecule has 0 fully saturated rings. The Labute approximate surface area is 102 Å². The van der Waals surface area contributed by atoms with Gasteiger partial charge in [0.05, 0.1) is 0 Å². The molecule has 0 spiro atoms. The zero-order valence-corrected chi connectivity index (χ0v) is 11.1. The molecule has 0 aliphatic heterocycles. The van der Waals surface area contributed by atoms with Gasteiger partial charge in [-0.05, 0) is 25.0 Å². The quantitative estimate of drug-likeness (QED) is 0.813. The van der Waals surface area contributed by atoms with Gasteiger partial charge in [0.1, 0.15) is 12.4 Å². The minimum atomic E-state index is -3.63. The van der Waals surface area contributed by atoms with Gasteiger partial charge in [-0.25, -0.2) is 13.1 Å². The number of aliphatic hydroxyl groups is 1. The van der Waals surface area contributed by atoms with E-state index in [1.54, 1.807) is 0 Å². The van der Waals surface area contributed by atoms with Crippen molar-refractivity contribution < 1.29 is 17.9 Å². The van der Waals surface area contributed by atoms with Crippen LogP contribution in [0.15, 0.2) is 21.6 Å². The molecule has 2 unspecified atom stereocenters. The lowest BCUT2D eigenvalue weighted by atomic mass is 10.0. The van der Waals surface area contributed by atoms with Crippen LogP contribution in [0.2, 0.25) is 0 Å². The van der Waals surface area contributed by atoms with Gasteiger partial charge in [0.15, 0.2) is 0 Å². The predicted octanol–water partition coefficient (Wildman–Crippen LogP) is 1.48. The predicted molar refractivity (Wildman–Crippen MR) is 63.9 cm³/mol. The fourth-order valence-corrected chi connectivity index (χ4v) is 2.66. The van der Waals surface area contributed by atoms with Crippen LogP contribution in [0.1, 0.15) is 33.0 Å². The van der Waals surface area contributed by atoms with Crippen LogP contribution < -0.4 is 4.72 Å². The normalized spacial score (nSPS) is 15.8. The number of hydrogen-bond donors (Lipinski definition) is 2. The summed E-state index contributed by atoms with van der Waals surface area (Å²) in [5, 5.41) is 8.66. The van der Waals surface area contributed by atoms with Gasteiger partial charge in [0.2, 0.25) is 5.09 Å². The third-order valence-corrected chi connectivity index (χ3v) is 4.33. The van der Waals surface area contributed by atoms with E-state index in [1.807, 2.05) is 20.8 Å². The van der Waals surface area contributed by atoms with E-state index in [0.717, 1.165) is 6.42 Å². The van der Waals surface area contributed by atoms with Gasteiger partial charge in [-0.15, -0.1) is 0 Å². The van der Waals surface area contributed by atoms with Gasteiger partial charge in [-0.1, -0.05) is 20.3 Å². The standard InChI is InChI=1S/C11H19NO4S/c1-4-8(2)9(3)12-17(14,15)11-6-5-10(7-13)16-11/h5-6,8-9,12-13H,4,7H2,1-3H3. The first kappa shape index (κ1) is 14.2. The molecule has 0 saturated carbocycles. The van der Waals surface area contributed by atoms with Gasteiger partial charge < -0.3 is 9.52 Å². The fraction of sp³-hybridized carbons (Fsp3) is 0.636. The van der Waals surface area contributed by atoms with Crippen LogP contribution in [0.3, 0.4) is 0 Å². The second-order valence-electron chi connectivity index (χ2n) is 4.17. The summed E-state index contributed by atoms with van der Waals surface area (Å²) in [6.45, 7) is 5.50. The number of aliphatic hydroxyl groups excluding tert-OH is 1. The monoisotopic (exact) mass is 261 g/mol. The molecule has 1 heterocycles. The highest BCUT2D eigenvalue weighted by Crippen LogP contribution is 2.16. The molecule has 0 saturated heterocycles. The number of furan rings is 1. The Kier molecular flexibility index (Phi) is 4.73. The summed E-state index contributed by atoms with van der Waals surface area (Å²) in [4.78, 5) is 0. The van der Waals surface area contributed by atoms with E-state index in [4.69, 9.17) is 9.52 Å². The van der Waals surface area contributed by atoms with Crippen LogP contribution in [0, 0.1) is 5.92 Å². The average Bonchev–Trinajstić information content (AvgIpc) is 2.76. The lowest BCUT2D eigenvalue weighted by Crippen LogP contribution is -2.36. The van der Waals surface area contributed by atoms with Gasteiger partial charge >= 0.3 is 0 Å². The zero-order valence-electron chi connectivity index (χ0n) is 10.3. The van der Waals surface area contributed by atoms with E-state index in [2.05, 4.69) is 4.72 Å². The van der Waals surface area contributed by atoms with Crippen LogP contribution in [0.5, 0.6) is 0 Å². The molecule has 0 aliphatic carbocycles. The minimum Gasteiger partial charge on any atom is -0.446 e. The van der Waals surface area contributed by atoms with Crippen LogP contribution >= 0.6 is 0 Å². The smallest absolute Gasteiger partial charge is 0.274 e. The van der Waals surface area contributed by atoms with E-state index in [9.17, 15) is 8.42 Å². The van der Waals surface area contributed by atoms with E-state index in [-0.39, 0.29) is 29.4 Å². The highest BCUT2D eigenvalue weighted by Gasteiger charge is 2.23. The molecular formula is C11H19NO4S. The molecule has 5 nitrogen and oxygen atoms in total. The Morgan fingerprint density at radius 2 is 2.06 bits per heavy atom. The van der Waals surface area contributed by atoms with Crippen molar-refractivity contribution in [3.05, 3.63) is 17.9 Å². The summed E-state index contributed by atoms with van der Waals surface area (Å²) < 4.78 is 31.4. The molecule has 17 heavy (non-hydrogen) atoms. The molecule has 1 aromatic heterocycles. The molecular weight excluding hydrogens is 242 g/mol. The van der Waals surface area contributed by atoms with Crippen molar-refractivity contribution in [3.63, 3.8) is 0 Å². The van der Waals surface area contributed by atoms with Crippen molar-refractivity contribution in [2.75, 3.05) is 0 Å². The first-order chi connectivity index (χ1) is 7.90. The second kappa shape index (κ2) is 5.66. The maximum atomic E-state index is 11.9. The molecule has 0 amide bonds. The number of nitrogens with one attached hydrogen (secondary N) is 1. The summed E-state index contributed by atoms with van der Waals surface area (Å²) in [7, 11) is -3.63. The van der Waals surface area contributed by atoms with E-state index in [0.29, 0.717) is 0 Å². The molecule has 1 aromatic rings. The van der Waals surface area contributed by atoms with Gasteiger partial charge in [-0.2, -0.15) is 0 Å². The third kappa shape index (κ3) is 3.55. The second-order valence-corrected chi connectivity index (χ2v) is 5.82. The number of hydrogen-bond acceptors (Lipinski definition) is 4. The van der Waals surface area contributed by atoms with Gasteiger partial charge in [-0.3, -0.25) is 0 Å². The molecule has 1 rings (SSSR count). The molecule has 0 aromatic carbocycles. The van der Waals surface area contributed by atoms with E-state index >= 15 is 0 Å². The SMILES string of the molecule is CCC(C)C(C)NS(=O)(=O)c1ccc(CO)o1. The zero-order chi connectivity index (χ0) is 13.1. The van der Waals surface area contributed by atoms with Crippen molar-refractivity contribution in [1.29, 1.82) is 0 Å². The molecule has 2 atom stereocenters. The van der Waals surface area contributed by atoms with Crippen LogP contribution in [-0.4, -0.2) is 19.6 Å². The van der Waals surface area contributed by atoms with Crippen molar-refractivity contribution in [2.45, 2.75) is 44.9 Å². The molecule has 0 aliphatic rings. The van der Waals surface area contributed by atoms with Gasteiger partial charge in [0.25, 0.3) is 10.0 Å². The van der Waals surface area contributed by atoms with Crippen LogP contribution in [0.4, 0.5) is 0 Å². The molecule has 0 bridgehead atoms. The summed E-state index contributed by atoms with van der Waals surface area (Å²) in [6, 6.07) is 2.63. The Bertz CT molecular complexity index is 452. The van der Waals surface area contributed by atoms with Crippen LogP contribution in [0.25, 0.3) is 0 Å². The molecule has 2 N–H and O–H groups in total. The number of rotatable bonds is 6. The lowest BCUT2D eigenvalue weighted by molar-refractivity contribution is 0.236. The molecule has 6 heteroatoms. The number of sulfonamides is 1. The average molecular weight is 261 g/mol. The van der Waals surface area contributed by atoms with E-state index in [1.165, 1.54) is 12.1 Å². The Balaban J connectivity index is 2.81. The first-order valence-corrected chi connectivity index (χ1v) is 7.11. The lowest BCUT2D eigenvalue weighted by Gasteiger charge is -2.18. The van der Waals surface area contributed by atoms with Crippen molar-refractivity contribution in [1.82, 2.24) is 4.72 Å². The summed E-state index contributed by atoms with van der Waals surface area (Å²) >= 11 is 0. The van der Waals surface area contributed by atoms with Crippen LogP contribution in [-0.2, 0) is 16.6 Å². The van der Waals surface area contributed by atoms with Gasteiger partial charge in [0, 0.05) is 6.04 Å². The van der Waals surface area contributed by atoms with E-state index < -0.39 is 10.0 Å². The minimum absolute atomic E-state index is 0.156. The largest absolute Gasteiger partial charge is 0.446 e. The Hall–Kier alpha value is -0.850. The molecule has 98 valence electrons. The summed E-state index contributed by atoms with van der Waals surface area (Å²) in [6.07, 6.45) is 0.893. The topological polar surface area (TPSA) is 79.5 Å².